The zero-order valence-electron chi connectivity index (χ0n) is 14.5. The maximum absolute atomic E-state index is 12.2. The molecule has 0 bridgehead atoms. The van der Waals surface area contributed by atoms with Crippen molar-refractivity contribution in [3.8, 4) is 0 Å². The van der Waals surface area contributed by atoms with Crippen molar-refractivity contribution in [2.45, 2.75) is 25.3 Å². The summed E-state index contributed by atoms with van der Waals surface area (Å²) in [5.74, 6) is 0.923. The highest BCUT2D eigenvalue weighted by Crippen LogP contribution is 2.11. The van der Waals surface area contributed by atoms with Crippen molar-refractivity contribution in [3.63, 3.8) is 0 Å². The first-order valence-electron chi connectivity index (χ1n) is 8.96. The first-order valence-corrected chi connectivity index (χ1v) is 8.96. The summed E-state index contributed by atoms with van der Waals surface area (Å²) in [6, 6.07) is 14.5. The summed E-state index contributed by atoms with van der Waals surface area (Å²) in [5, 5.41) is 3.10. The number of benzene rings is 1. The Kier molecular flexibility index (Phi) is 6.65. The van der Waals surface area contributed by atoms with Crippen molar-refractivity contribution in [2.75, 3.05) is 32.8 Å². The normalized spacial score (nSPS) is 16.5. The predicted molar refractivity (Wildman–Crippen MR) is 96.4 cm³/mol. The molecule has 1 fully saturated rings. The second-order valence-corrected chi connectivity index (χ2v) is 6.38. The lowest BCUT2D eigenvalue weighted by Crippen LogP contribution is -2.49. The van der Waals surface area contributed by atoms with Gasteiger partial charge >= 0.3 is 0 Å². The van der Waals surface area contributed by atoms with Crippen molar-refractivity contribution in [1.82, 2.24) is 10.2 Å². The van der Waals surface area contributed by atoms with Gasteiger partial charge in [-0.05, 0) is 24.1 Å². The molecule has 1 aliphatic heterocycles. The SMILES string of the molecule is O=C(CCc1ccco1)NCC(Cc1ccccc1)N1CCOCC1. The molecule has 25 heavy (non-hydrogen) atoms. The van der Waals surface area contributed by atoms with Crippen LogP contribution in [0.2, 0.25) is 0 Å². The smallest absolute Gasteiger partial charge is 0.220 e. The minimum atomic E-state index is 0.0720. The van der Waals surface area contributed by atoms with Crippen molar-refractivity contribution < 1.29 is 13.9 Å². The number of morpholine rings is 1. The molecule has 2 heterocycles. The minimum absolute atomic E-state index is 0.0720. The number of nitrogens with zero attached hydrogens (tertiary/aromatic N) is 1. The predicted octanol–water partition coefficient (Wildman–Crippen LogP) is 2.27. The number of rotatable bonds is 8. The second-order valence-electron chi connectivity index (χ2n) is 6.38. The van der Waals surface area contributed by atoms with E-state index in [4.69, 9.17) is 9.15 Å². The Hall–Kier alpha value is -2.11. The lowest BCUT2D eigenvalue weighted by molar-refractivity contribution is -0.121. The Labute approximate surface area is 149 Å². The molecule has 1 saturated heterocycles. The third-order valence-corrected chi connectivity index (χ3v) is 4.59. The number of hydrogen-bond acceptors (Lipinski definition) is 4. The fourth-order valence-electron chi connectivity index (χ4n) is 3.17. The number of amides is 1. The van der Waals surface area contributed by atoms with E-state index in [2.05, 4.69) is 34.5 Å². The quantitative estimate of drug-likeness (QED) is 0.800. The van der Waals surface area contributed by atoms with E-state index in [9.17, 15) is 4.79 Å². The molecule has 5 nitrogen and oxygen atoms in total. The van der Waals surface area contributed by atoms with E-state index in [1.165, 1.54) is 5.56 Å². The summed E-state index contributed by atoms with van der Waals surface area (Å²) in [5.41, 5.74) is 1.30. The molecular weight excluding hydrogens is 316 g/mol. The molecule has 3 rings (SSSR count). The van der Waals surface area contributed by atoms with Gasteiger partial charge in [-0.15, -0.1) is 0 Å². The Morgan fingerprint density at radius 3 is 2.64 bits per heavy atom. The Morgan fingerprint density at radius 1 is 1.12 bits per heavy atom. The van der Waals surface area contributed by atoms with Gasteiger partial charge in [-0.25, -0.2) is 0 Å². The van der Waals surface area contributed by atoms with Crippen LogP contribution in [0.15, 0.2) is 53.1 Å². The van der Waals surface area contributed by atoms with Crippen LogP contribution in [0.3, 0.4) is 0 Å². The number of carbonyl (C=O) groups is 1. The Morgan fingerprint density at radius 2 is 1.92 bits per heavy atom. The molecule has 1 N–H and O–H groups in total. The molecule has 0 radical (unpaired) electrons. The standard InChI is InChI=1S/C20H26N2O3/c23-20(9-8-19-7-4-12-25-19)21-16-18(22-10-13-24-14-11-22)15-17-5-2-1-3-6-17/h1-7,12,18H,8-11,13-16H2,(H,21,23). The molecule has 0 saturated carbocycles. The first-order chi connectivity index (χ1) is 12.3. The third kappa shape index (κ3) is 5.73. The van der Waals surface area contributed by atoms with Crippen LogP contribution >= 0.6 is 0 Å². The molecule has 0 spiro atoms. The van der Waals surface area contributed by atoms with E-state index < -0.39 is 0 Å². The highest BCUT2D eigenvalue weighted by molar-refractivity contribution is 5.76. The molecule has 2 aromatic rings. The van der Waals surface area contributed by atoms with Gasteiger partial charge in [-0.1, -0.05) is 30.3 Å². The molecule has 0 aliphatic carbocycles. The maximum Gasteiger partial charge on any atom is 0.220 e. The average molecular weight is 342 g/mol. The van der Waals surface area contributed by atoms with Crippen LogP contribution < -0.4 is 5.32 Å². The van der Waals surface area contributed by atoms with Gasteiger partial charge in [0, 0.05) is 38.5 Å². The largest absolute Gasteiger partial charge is 0.469 e. The van der Waals surface area contributed by atoms with Crippen molar-refractivity contribution in [2.24, 2.45) is 0 Å². The number of aryl methyl sites for hydroxylation is 1. The van der Waals surface area contributed by atoms with Crippen LogP contribution in [0.1, 0.15) is 17.7 Å². The summed E-state index contributed by atoms with van der Waals surface area (Å²) in [7, 11) is 0. The molecule has 1 unspecified atom stereocenters. The van der Waals surface area contributed by atoms with Crippen molar-refractivity contribution >= 4 is 5.91 Å². The summed E-state index contributed by atoms with van der Waals surface area (Å²) >= 11 is 0. The number of ether oxygens (including phenoxy) is 1. The second kappa shape index (κ2) is 9.39. The Bertz CT molecular complexity index is 622. The molecule has 1 aliphatic rings. The maximum atomic E-state index is 12.2. The number of furan rings is 1. The highest BCUT2D eigenvalue weighted by atomic mass is 16.5. The zero-order valence-corrected chi connectivity index (χ0v) is 14.5. The van der Waals surface area contributed by atoms with E-state index >= 15 is 0 Å². The van der Waals surface area contributed by atoms with Gasteiger partial charge in [0.2, 0.25) is 5.91 Å². The van der Waals surface area contributed by atoms with Gasteiger partial charge in [-0.3, -0.25) is 9.69 Å². The molecule has 5 heteroatoms. The van der Waals surface area contributed by atoms with E-state index in [-0.39, 0.29) is 5.91 Å². The average Bonchev–Trinajstić information content (AvgIpc) is 3.18. The van der Waals surface area contributed by atoms with Gasteiger partial charge in [0.05, 0.1) is 19.5 Å². The number of hydrogen-bond donors (Lipinski definition) is 1. The summed E-state index contributed by atoms with van der Waals surface area (Å²) in [6.07, 6.45) is 3.66. The fourth-order valence-corrected chi connectivity index (χ4v) is 3.17. The molecule has 1 atom stereocenters. The number of carbonyl (C=O) groups excluding carboxylic acids is 1. The zero-order chi connectivity index (χ0) is 17.3. The van der Waals surface area contributed by atoms with Gasteiger partial charge in [0.1, 0.15) is 5.76 Å². The summed E-state index contributed by atoms with van der Waals surface area (Å²) in [4.78, 5) is 14.6. The van der Waals surface area contributed by atoms with Gasteiger partial charge in [0.25, 0.3) is 0 Å². The van der Waals surface area contributed by atoms with E-state index in [1.807, 2.05) is 18.2 Å². The lowest BCUT2D eigenvalue weighted by Gasteiger charge is -2.34. The summed E-state index contributed by atoms with van der Waals surface area (Å²) < 4.78 is 10.7. The van der Waals surface area contributed by atoms with E-state index in [0.717, 1.165) is 38.5 Å². The van der Waals surface area contributed by atoms with Crippen molar-refractivity contribution in [3.05, 3.63) is 60.1 Å². The van der Waals surface area contributed by atoms with Gasteiger partial charge < -0.3 is 14.5 Å². The van der Waals surface area contributed by atoms with Crippen LogP contribution in [0.4, 0.5) is 0 Å². The fraction of sp³-hybridized carbons (Fsp3) is 0.450. The number of nitrogens with one attached hydrogen (secondary N) is 1. The van der Waals surface area contributed by atoms with Crippen LogP contribution in [0.25, 0.3) is 0 Å². The van der Waals surface area contributed by atoms with Crippen LogP contribution in [0.5, 0.6) is 0 Å². The van der Waals surface area contributed by atoms with E-state index in [1.54, 1.807) is 6.26 Å². The van der Waals surface area contributed by atoms with Gasteiger partial charge in [-0.2, -0.15) is 0 Å². The van der Waals surface area contributed by atoms with Gasteiger partial charge in [0.15, 0.2) is 0 Å². The lowest BCUT2D eigenvalue weighted by atomic mass is 10.0. The van der Waals surface area contributed by atoms with Crippen LogP contribution in [-0.4, -0.2) is 49.7 Å². The first kappa shape index (κ1) is 17.7. The molecule has 1 aromatic heterocycles. The topological polar surface area (TPSA) is 54.7 Å². The van der Waals surface area contributed by atoms with Crippen molar-refractivity contribution in [1.29, 1.82) is 0 Å². The summed E-state index contributed by atoms with van der Waals surface area (Å²) in [6.45, 7) is 4.01. The Balaban J connectivity index is 1.52. The molecule has 1 aromatic carbocycles. The molecule has 134 valence electrons. The minimum Gasteiger partial charge on any atom is -0.469 e. The van der Waals surface area contributed by atoms with Crippen LogP contribution in [-0.2, 0) is 22.4 Å². The van der Waals surface area contributed by atoms with Crippen LogP contribution in [0, 0.1) is 0 Å². The monoisotopic (exact) mass is 342 g/mol. The highest BCUT2D eigenvalue weighted by Gasteiger charge is 2.22. The third-order valence-electron chi connectivity index (χ3n) is 4.59. The molecule has 1 amide bonds. The molecular formula is C20H26N2O3. The van der Waals surface area contributed by atoms with E-state index in [0.29, 0.717) is 25.4 Å².